The van der Waals surface area contributed by atoms with Gasteiger partial charge in [-0.1, -0.05) is 92.4 Å². The second-order valence-corrected chi connectivity index (χ2v) is 16.4. The van der Waals surface area contributed by atoms with E-state index in [1.807, 2.05) is 104 Å². The number of hydrogen-bond donors (Lipinski definition) is 0. The minimum Gasteiger partial charge on any atom is -0.493 e. The highest BCUT2D eigenvalue weighted by atomic mass is 19.1. The van der Waals surface area contributed by atoms with Crippen LogP contribution in [0.25, 0.3) is 32.3 Å². The molecule has 0 saturated carbocycles. The van der Waals surface area contributed by atoms with Crippen LogP contribution >= 0.6 is 0 Å². The highest BCUT2D eigenvalue weighted by molar-refractivity contribution is 6.04. The summed E-state index contributed by atoms with van der Waals surface area (Å²) in [5.41, 5.74) is -0.308. The van der Waals surface area contributed by atoms with Gasteiger partial charge < -0.3 is 33.2 Å². The van der Waals surface area contributed by atoms with Gasteiger partial charge in [-0.2, -0.15) is 9.49 Å². The topological polar surface area (TPSA) is 141 Å². The van der Waals surface area contributed by atoms with Crippen molar-refractivity contribution in [3.05, 3.63) is 174 Å². The van der Waals surface area contributed by atoms with Crippen molar-refractivity contribution in [2.75, 3.05) is 39.6 Å². The van der Waals surface area contributed by atoms with Gasteiger partial charge in [0.15, 0.2) is 0 Å². The summed E-state index contributed by atoms with van der Waals surface area (Å²) < 4.78 is 65.6. The fraction of sp³-hybridized carbons (Fsp3) is 0.232. The van der Waals surface area contributed by atoms with Gasteiger partial charge in [-0.3, -0.25) is 0 Å². The molecule has 0 spiro atoms. The van der Waals surface area contributed by atoms with E-state index >= 15 is 0 Å². The summed E-state index contributed by atoms with van der Waals surface area (Å²) in [4.78, 5) is 36.5. The third kappa shape index (κ3) is 13.4. The van der Waals surface area contributed by atoms with Crippen molar-refractivity contribution in [2.24, 2.45) is 10.2 Å². The Kier molecular flexibility index (Phi) is 17.0. The smallest absolute Gasteiger partial charge is 0.366 e. The molecule has 0 aliphatic rings. The van der Waals surface area contributed by atoms with Crippen LogP contribution in [0, 0.1) is 0 Å². The van der Waals surface area contributed by atoms with Crippen LogP contribution in [0.4, 0.5) is 8.78 Å². The maximum Gasteiger partial charge on any atom is 0.366 e. The Bertz CT molecular complexity index is 3020. The number of benzene rings is 6. The van der Waals surface area contributed by atoms with Crippen molar-refractivity contribution in [1.82, 2.24) is 0 Å². The van der Waals surface area contributed by atoms with Crippen LogP contribution < -0.4 is 24.3 Å². The van der Waals surface area contributed by atoms with Gasteiger partial charge in [-0.05, 0) is 108 Å². The van der Waals surface area contributed by atoms with Crippen LogP contribution in [0.3, 0.4) is 0 Å². The Morgan fingerprint density at radius 2 is 1.29 bits per heavy atom. The van der Waals surface area contributed by atoms with E-state index in [2.05, 4.69) is 28.5 Å². The first-order valence-electron chi connectivity index (χ1n) is 22.7. The average molecular weight is 951 g/mol. The largest absolute Gasteiger partial charge is 0.493 e. The zero-order valence-electron chi connectivity index (χ0n) is 39.0. The number of carbonyl (C=O) groups is 3. The minimum absolute atomic E-state index is 0.0541. The van der Waals surface area contributed by atoms with E-state index in [0.717, 1.165) is 51.7 Å². The lowest BCUT2D eigenvalue weighted by Crippen LogP contribution is -2.28. The third-order valence-corrected chi connectivity index (χ3v) is 10.9. The van der Waals surface area contributed by atoms with Crippen molar-refractivity contribution in [2.45, 2.75) is 45.4 Å². The van der Waals surface area contributed by atoms with Gasteiger partial charge >= 0.3 is 17.9 Å². The van der Waals surface area contributed by atoms with Crippen LogP contribution in [-0.4, -0.2) is 69.4 Å². The lowest BCUT2D eigenvalue weighted by atomic mass is 10.0. The molecule has 1 unspecified atom stereocenters. The monoisotopic (exact) mass is 950 g/mol. The Hall–Kier alpha value is -7.97. The molecular formula is C56H52F2N2O10. The Morgan fingerprint density at radius 1 is 0.671 bits per heavy atom. The Morgan fingerprint density at radius 3 is 1.94 bits per heavy atom. The molecule has 360 valence electrons. The molecule has 0 bridgehead atoms. The van der Waals surface area contributed by atoms with Crippen molar-refractivity contribution in [1.29, 1.82) is 0 Å². The normalized spacial score (nSPS) is 11.8. The van der Waals surface area contributed by atoms with Crippen molar-refractivity contribution in [3.8, 4) is 23.0 Å². The molecule has 0 aliphatic heterocycles. The van der Waals surface area contributed by atoms with Gasteiger partial charge in [0.05, 0.1) is 38.2 Å². The van der Waals surface area contributed by atoms with Gasteiger partial charge in [-0.25, -0.2) is 18.8 Å². The number of ether oxygens (including phenoxy) is 7. The fourth-order valence-corrected chi connectivity index (χ4v) is 7.25. The molecule has 12 nitrogen and oxygen atoms in total. The van der Waals surface area contributed by atoms with Crippen LogP contribution in [0.1, 0.15) is 61.2 Å². The minimum atomic E-state index is -2.04. The molecule has 7 aromatic carbocycles. The predicted molar refractivity (Wildman–Crippen MR) is 264 cm³/mol. The summed E-state index contributed by atoms with van der Waals surface area (Å²) in [6.45, 7) is 7.86. The predicted octanol–water partition coefficient (Wildman–Crippen LogP) is 11.3. The first-order chi connectivity index (χ1) is 33.9. The van der Waals surface area contributed by atoms with Crippen LogP contribution in [0.15, 0.2) is 162 Å². The molecule has 7 aromatic rings. The van der Waals surface area contributed by atoms with E-state index in [4.69, 9.17) is 33.5 Å². The SMILES string of the molecule is C=C(F)C(=O)OCCOCCOc1ccc(C(=O)Oc2ccc3cc(OC(CC)c4ccc(OCCCOC(=O)C(C)(C)F)cc4)ccc3c2/C=N/N=c2c3ccccc3ccc3ccccc23)cc1. The number of carbonyl (C=O) groups excluding carboxylic acids is 3. The van der Waals surface area contributed by atoms with Crippen molar-refractivity contribution in [3.63, 3.8) is 0 Å². The second kappa shape index (κ2) is 23.8. The van der Waals surface area contributed by atoms with E-state index in [0.29, 0.717) is 47.6 Å². The second-order valence-electron chi connectivity index (χ2n) is 16.4. The van der Waals surface area contributed by atoms with Gasteiger partial charge in [0.25, 0.3) is 0 Å². The summed E-state index contributed by atoms with van der Waals surface area (Å²) in [6.07, 6.45) is 2.39. The van der Waals surface area contributed by atoms with Crippen LogP contribution in [0.2, 0.25) is 0 Å². The average Bonchev–Trinajstić information content (AvgIpc) is 3.52. The number of halogens is 2. The summed E-state index contributed by atoms with van der Waals surface area (Å²) in [6, 6.07) is 43.4. The van der Waals surface area contributed by atoms with E-state index < -0.39 is 29.4 Å². The maximum absolute atomic E-state index is 13.7. The molecule has 0 N–H and O–H groups in total. The highest BCUT2D eigenvalue weighted by Crippen LogP contribution is 2.33. The quantitative estimate of drug-likeness (QED) is 0.0161. The Labute approximate surface area is 403 Å². The zero-order chi connectivity index (χ0) is 49.5. The van der Waals surface area contributed by atoms with E-state index in [1.165, 1.54) is 0 Å². The van der Waals surface area contributed by atoms with Crippen molar-refractivity contribution < 1.29 is 56.3 Å². The molecular weight excluding hydrogens is 899 g/mol. The van der Waals surface area contributed by atoms with Gasteiger partial charge in [-0.15, -0.1) is 5.10 Å². The fourth-order valence-electron chi connectivity index (χ4n) is 7.25. The molecule has 14 heteroatoms. The first-order valence-corrected chi connectivity index (χ1v) is 22.7. The number of fused-ring (bicyclic) bond motifs is 3. The lowest BCUT2D eigenvalue weighted by Gasteiger charge is -2.19. The van der Waals surface area contributed by atoms with E-state index in [9.17, 15) is 23.2 Å². The molecule has 0 saturated heterocycles. The molecule has 70 heavy (non-hydrogen) atoms. The maximum atomic E-state index is 13.7. The number of rotatable bonds is 22. The number of alkyl halides is 1. The molecule has 0 aliphatic carbocycles. The molecule has 0 heterocycles. The summed E-state index contributed by atoms with van der Waals surface area (Å²) in [5, 5.41) is 15.5. The summed E-state index contributed by atoms with van der Waals surface area (Å²) in [7, 11) is 0. The number of esters is 3. The van der Waals surface area contributed by atoms with E-state index in [1.54, 1.807) is 36.5 Å². The van der Waals surface area contributed by atoms with Crippen LogP contribution in [-0.2, 0) is 23.8 Å². The summed E-state index contributed by atoms with van der Waals surface area (Å²) in [5.74, 6) is -1.82. The van der Waals surface area contributed by atoms with Gasteiger partial charge in [0.1, 0.15) is 47.7 Å². The molecule has 0 fully saturated rings. The standard InChI is InChI=1S/C56H52F2N2O10/c1-5-50(40-17-22-43(23-18-40)65-29-10-30-68-55(63)56(3,4)58)69-45-26-27-46-42(35-45)21-28-51(70-54(62)41-19-24-44(25-20-41)66-33-31-64-32-34-67-53(61)37(2)57)49(46)36-59-60-52-47-13-8-6-11-38(47)15-16-39-12-7-9-14-48(39)52/h6-9,11-28,35-36,50H,2,5,10,29-34H2,1,3-4H3/b59-36+. The third-order valence-electron chi connectivity index (χ3n) is 10.9. The van der Waals surface area contributed by atoms with E-state index in [-0.39, 0.29) is 50.5 Å². The number of hydrogen-bond acceptors (Lipinski definition) is 12. The lowest BCUT2D eigenvalue weighted by molar-refractivity contribution is -0.155. The molecule has 1 atom stereocenters. The molecule has 7 rings (SSSR count). The van der Waals surface area contributed by atoms with Crippen LogP contribution in [0.5, 0.6) is 23.0 Å². The van der Waals surface area contributed by atoms with Crippen molar-refractivity contribution >= 4 is 56.4 Å². The molecule has 0 amide bonds. The summed E-state index contributed by atoms with van der Waals surface area (Å²) >= 11 is 0. The molecule has 0 aromatic heterocycles. The number of nitrogens with zero attached hydrogens (tertiary/aromatic N) is 2. The Balaban J connectivity index is 1.10. The molecule has 0 radical (unpaired) electrons. The van der Waals surface area contributed by atoms with Gasteiger partial charge in [0, 0.05) is 22.8 Å². The first kappa shape index (κ1) is 49.9. The highest BCUT2D eigenvalue weighted by Gasteiger charge is 2.28. The zero-order valence-corrected chi connectivity index (χ0v) is 39.0. The van der Waals surface area contributed by atoms with Gasteiger partial charge in [0.2, 0.25) is 11.5 Å².